The van der Waals surface area contributed by atoms with Crippen LogP contribution >= 0.6 is 0 Å². The molecule has 0 radical (unpaired) electrons. The van der Waals surface area contributed by atoms with Gasteiger partial charge in [0, 0.05) is 0 Å². The number of rotatable bonds is 7. The molecule has 0 amide bonds. The van der Waals surface area contributed by atoms with Gasteiger partial charge in [-0.2, -0.15) is 0 Å². The first-order valence-electron chi connectivity index (χ1n) is 8.46. The molecule has 0 bridgehead atoms. The summed E-state index contributed by atoms with van der Waals surface area (Å²) < 4.78 is 51.7. The van der Waals surface area contributed by atoms with Crippen molar-refractivity contribution in [2.75, 3.05) is 6.61 Å². The van der Waals surface area contributed by atoms with Crippen molar-refractivity contribution in [2.24, 2.45) is 5.41 Å². The molecular formula is C20H21F3O2. The molecule has 0 atom stereocenters. The van der Waals surface area contributed by atoms with E-state index in [2.05, 4.69) is 0 Å². The lowest BCUT2D eigenvalue weighted by Crippen LogP contribution is -2.31. The molecule has 25 heavy (non-hydrogen) atoms. The molecular weight excluding hydrogens is 329 g/mol. The highest BCUT2D eigenvalue weighted by Gasteiger charge is 2.42. The zero-order valence-electron chi connectivity index (χ0n) is 13.9. The lowest BCUT2D eigenvalue weighted by atomic mass is 9.88. The van der Waals surface area contributed by atoms with Crippen LogP contribution in [0, 0.1) is 11.2 Å². The number of halogens is 3. The van der Waals surface area contributed by atoms with Gasteiger partial charge in [0.2, 0.25) is 6.43 Å². The molecule has 2 nitrogen and oxygen atoms in total. The second kappa shape index (κ2) is 7.91. The molecule has 5 heteroatoms. The van der Waals surface area contributed by atoms with Gasteiger partial charge in [-0.15, -0.1) is 0 Å². The minimum absolute atomic E-state index is 0.0247. The summed E-state index contributed by atoms with van der Waals surface area (Å²) in [5, 5.41) is 0. The first kappa shape index (κ1) is 17.8. The van der Waals surface area contributed by atoms with Crippen LogP contribution in [0.15, 0.2) is 48.5 Å². The molecule has 134 valence electrons. The van der Waals surface area contributed by atoms with E-state index in [0.29, 0.717) is 24.2 Å². The Balaban J connectivity index is 1.62. The van der Waals surface area contributed by atoms with Crippen molar-refractivity contribution in [1.29, 1.82) is 0 Å². The van der Waals surface area contributed by atoms with Gasteiger partial charge in [-0.1, -0.05) is 37.1 Å². The minimum Gasteiger partial charge on any atom is -0.454 e. The van der Waals surface area contributed by atoms with Crippen LogP contribution in [0.1, 0.15) is 31.2 Å². The first-order valence-corrected chi connectivity index (χ1v) is 8.46. The molecule has 0 aromatic heterocycles. The van der Waals surface area contributed by atoms with Gasteiger partial charge in [0.15, 0.2) is 11.6 Å². The highest BCUT2D eigenvalue weighted by atomic mass is 19.3. The van der Waals surface area contributed by atoms with Gasteiger partial charge in [-0.25, -0.2) is 13.2 Å². The van der Waals surface area contributed by atoms with Gasteiger partial charge < -0.3 is 9.47 Å². The highest BCUT2D eigenvalue weighted by molar-refractivity contribution is 5.35. The smallest absolute Gasteiger partial charge is 0.246 e. The van der Waals surface area contributed by atoms with Crippen molar-refractivity contribution < 1.29 is 22.6 Å². The summed E-state index contributed by atoms with van der Waals surface area (Å²) in [6.07, 6.45) is 0.256. The number of para-hydroxylation sites is 1. The Morgan fingerprint density at radius 1 is 1.00 bits per heavy atom. The van der Waals surface area contributed by atoms with E-state index in [-0.39, 0.29) is 19.0 Å². The van der Waals surface area contributed by atoms with Gasteiger partial charge in [-0.05, 0) is 42.7 Å². The van der Waals surface area contributed by atoms with Gasteiger partial charge in [0.1, 0.15) is 5.75 Å². The fourth-order valence-corrected chi connectivity index (χ4v) is 3.21. The SMILES string of the molecule is Fc1ccc(COCC2(C(F)F)CCCC2)cc1Oc1ccccc1. The van der Waals surface area contributed by atoms with Crippen LogP contribution in [0.2, 0.25) is 0 Å². The molecule has 0 spiro atoms. The van der Waals surface area contributed by atoms with E-state index in [1.807, 2.05) is 6.07 Å². The van der Waals surface area contributed by atoms with Crippen LogP contribution in [0.4, 0.5) is 13.2 Å². The molecule has 1 aliphatic rings. The number of ether oxygens (including phenoxy) is 2. The van der Waals surface area contributed by atoms with Crippen LogP contribution in [0.3, 0.4) is 0 Å². The zero-order chi connectivity index (χ0) is 17.7. The van der Waals surface area contributed by atoms with E-state index < -0.39 is 17.7 Å². The summed E-state index contributed by atoms with van der Waals surface area (Å²) in [4.78, 5) is 0. The summed E-state index contributed by atoms with van der Waals surface area (Å²) in [7, 11) is 0. The van der Waals surface area contributed by atoms with Gasteiger partial charge >= 0.3 is 0 Å². The average molecular weight is 350 g/mol. The number of hydrogen-bond acceptors (Lipinski definition) is 2. The number of benzene rings is 2. The normalized spacial score (nSPS) is 16.3. The second-order valence-electron chi connectivity index (χ2n) is 6.54. The third-order valence-electron chi connectivity index (χ3n) is 4.69. The molecule has 0 aliphatic heterocycles. The van der Waals surface area contributed by atoms with Gasteiger partial charge in [-0.3, -0.25) is 0 Å². The molecule has 1 saturated carbocycles. The van der Waals surface area contributed by atoms with E-state index in [1.54, 1.807) is 36.4 Å². The average Bonchev–Trinajstić information content (AvgIpc) is 3.09. The third kappa shape index (κ3) is 4.34. The summed E-state index contributed by atoms with van der Waals surface area (Å²) in [6, 6.07) is 13.3. The highest BCUT2D eigenvalue weighted by Crippen LogP contribution is 2.43. The lowest BCUT2D eigenvalue weighted by Gasteiger charge is -2.27. The molecule has 0 unspecified atom stereocenters. The van der Waals surface area contributed by atoms with E-state index in [1.165, 1.54) is 6.07 Å². The Morgan fingerprint density at radius 3 is 2.40 bits per heavy atom. The molecule has 0 saturated heterocycles. The first-order chi connectivity index (χ1) is 12.1. The predicted octanol–water partition coefficient (Wildman–Crippen LogP) is 5.96. The van der Waals surface area contributed by atoms with Crippen LogP contribution in [-0.4, -0.2) is 13.0 Å². The van der Waals surface area contributed by atoms with Crippen molar-refractivity contribution in [3.63, 3.8) is 0 Å². The lowest BCUT2D eigenvalue weighted by molar-refractivity contribution is -0.0657. The number of hydrogen-bond donors (Lipinski definition) is 0. The molecule has 3 rings (SSSR count). The van der Waals surface area contributed by atoms with Crippen LogP contribution in [0.25, 0.3) is 0 Å². The van der Waals surface area contributed by atoms with Crippen molar-refractivity contribution in [2.45, 2.75) is 38.7 Å². The molecule has 2 aromatic rings. The fraction of sp³-hybridized carbons (Fsp3) is 0.400. The number of alkyl halides is 2. The van der Waals surface area contributed by atoms with Crippen LogP contribution in [-0.2, 0) is 11.3 Å². The predicted molar refractivity (Wildman–Crippen MR) is 89.5 cm³/mol. The van der Waals surface area contributed by atoms with Gasteiger partial charge in [0.05, 0.1) is 18.6 Å². The molecule has 1 fully saturated rings. The largest absolute Gasteiger partial charge is 0.454 e. The van der Waals surface area contributed by atoms with Crippen molar-refractivity contribution in [3.05, 3.63) is 59.9 Å². The monoisotopic (exact) mass is 350 g/mol. The fourth-order valence-electron chi connectivity index (χ4n) is 3.21. The van der Waals surface area contributed by atoms with Gasteiger partial charge in [0.25, 0.3) is 0 Å². The quantitative estimate of drug-likeness (QED) is 0.613. The minimum atomic E-state index is -2.37. The molecule has 0 heterocycles. The maximum Gasteiger partial charge on any atom is 0.246 e. The maximum absolute atomic E-state index is 13.9. The summed E-state index contributed by atoms with van der Waals surface area (Å²) in [5.74, 6) is 0.145. The topological polar surface area (TPSA) is 18.5 Å². The Kier molecular flexibility index (Phi) is 5.63. The Bertz CT molecular complexity index is 683. The van der Waals surface area contributed by atoms with E-state index in [9.17, 15) is 13.2 Å². The summed E-state index contributed by atoms with van der Waals surface area (Å²) in [6.45, 7) is 0.177. The zero-order valence-corrected chi connectivity index (χ0v) is 13.9. The van der Waals surface area contributed by atoms with Crippen LogP contribution < -0.4 is 4.74 Å². The standard InChI is InChI=1S/C20H21F3O2/c21-17-9-8-15(12-18(17)25-16-6-2-1-3-7-16)13-24-14-20(19(22)23)10-4-5-11-20/h1-3,6-9,12,19H,4-5,10-11,13-14H2. The van der Waals surface area contributed by atoms with Crippen molar-refractivity contribution in [3.8, 4) is 11.5 Å². The Hall–Kier alpha value is -2.01. The molecule has 1 aliphatic carbocycles. The Morgan fingerprint density at radius 2 is 1.72 bits per heavy atom. The second-order valence-corrected chi connectivity index (χ2v) is 6.54. The third-order valence-corrected chi connectivity index (χ3v) is 4.69. The van der Waals surface area contributed by atoms with E-state index in [0.717, 1.165) is 12.8 Å². The Labute approximate surface area is 145 Å². The van der Waals surface area contributed by atoms with Crippen LogP contribution in [0.5, 0.6) is 11.5 Å². The molecule has 2 aromatic carbocycles. The maximum atomic E-state index is 13.9. The summed E-state index contributed by atoms with van der Waals surface area (Å²) >= 11 is 0. The summed E-state index contributed by atoms with van der Waals surface area (Å²) in [5.41, 5.74) is -0.335. The van der Waals surface area contributed by atoms with Crippen molar-refractivity contribution >= 4 is 0 Å². The van der Waals surface area contributed by atoms with Crippen molar-refractivity contribution in [1.82, 2.24) is 0 Å². The molecule has 0 N–H and O–H groups in total. The van der Waals surface area contributed by atoms with E-state index in [4.69, 9.17) is 9.47 Å². The van der Waals surface area contributed by atoms with E-state index >= 15 is 0 Å².